The zero-order valence-electron chi connectivity index (χ0n) is 19.6. The molecule has 39 heavy (non-hydrogen) atoms. The number of aryl methyl sites for hydroxylation is 1. The maximum atomic E-state index is 13.7. The van der Waals surface area contributed by atoms with Gasteiger partial charge in [-0.25, -0.2) is 27.8 Å². The van der Waals surface area contributed by atoms with Crippen molar-refractivity contribution < 1.29 is 12.8 Å². The largest absolute Gasteiger partial charge is 0.307 e. The third kappa shape index (κ3) is 5.68. The number of rotatable bonds is 6. The number of thiocarbonyl (C=S) groups is 1. The summed E-state index contributed by atoms with van der Waals surface area (Å²) in [5.74, 6) is -0.440. The van der Waals surface area contributed by atoms with Crippen LogP contribution in [0, 0.1) is 12.7 Å². The van der Waals surface area contributed by atoms with Crippen molar-refractivity contribution in [2.24, 2.45) is 10.2 Å². The second-order valence-electron chi connectivity index (χ2n) is 7.80. The molecule has 0 saturated carbocycles. The van der Waals surface area contributed by atoms with Gasteiger partial charge in [-0.3, -0.25) is 14.6 Å². The number of anilines is 2. The third-order valence-electron chi connectivity index (χ3n) is 5.12. The molecule has 0 aliphatic rings. The molecule has 5 rings (SSSR count). The summed E-state index contributed by atoms with van der Waals surface area (Å²) in [6.07, 6.45) is 2.63. The van der Waals surface area contributed by atoms with Gasteiger partial charge in [0.25, 0.3) is 10.0 Å². The zero-order valence-corrected chi connectivity index (χ0v) is 22.8. The predicted molar refractivity (Wildman–Crippen MR) is 149 cm³/mol. The van der Waals surface area contributed by atoms with Crippen LogP contribution in [0.25, 0.3) is 10.2 Å². The zero-order chi connectivity index (χ0) is 27.7. The monoisotopic (exact) mass is 603 g/mol. The number of halogens is 2. The van der Waals surface area contributed by atoms with Crippen molar-refractivity contribution in [1.82, 2.24) is 24.7 Å². The molecule has 3 heterocycles. The fourth-order valence-electron chi connectivity index (χ4n) is 3.27. The van der Waals surface area contributed by atoms with Crippen LogP contribution in [0.4, 0.5) is 26.7 Å². The fourth-order valence-corrected chi connectivity index (χ4v) is 5.60. The first kappa shape index (κ1) is 26.5. The van der Waals surface area contributed by atoms with Crippen LogP contribution in [0.5, 0.6) is 0 Å². The second-order valence-corrected chi connectivity index (χ2v) is 11.3. The van der Waals surface area contributed by atoms with Crippen molar-refractivity contribution in [3.05, 3.63) is 81.9 Å². The Balaban J connectivity index is 1.31. The van der Waals surface area contributed by atoms with Crippen LogP contribution in [0.3, 0.4) is 0 Å². The van der Waals surface area contributed by atoms with E-state index in [4.69, 9.17) is 23.8 Å². The minimum absolute atomic E-state index is 0.000529. The maximum absolute atomic E-state index is 13.7. The van der Waals surface area contributed by atoms with Crippen molar-refractivity contribution in [2.75, 3.05) is 10.0 Å². The number of azo groups is 1. The van der Waals surface area contributed by atoms with Crippen LogP contribution >= 0.6 is 35.2 Å². The molecule has 0 bridgehead atoms. The molecule has 12 nitrogen and oxygen atoms in total. The lowest BCUT2D eigenvalue weighted by molar-refractivity contribution is 0.601. The Hall–Kier alpha value is -4.12. The van der Waals surface area contributed by atoms with Crippen LogP contribution < -0.4 is 15.6 Å². The summed E-state index contributed by atoms with van der Waals surface area (Å²) < 4.78 is 42.8. The van der Waals surface area contributed by atoms with E-state index in [2.05, 4.69) is 40.3 Å². The van der Waals surface area contributed by atoms with E-state index < -0.39 is 21.4 Å². The maximum Gasteiger partial charge on any atom is 0.301 e. The van der Waals surface area contributed by atoms with Gasteiger partial charge in [0, 0.05) is 6.20 Å². The Morgan fingerprint density at radius 2 is 1.97 bits per heavy atom. The number of benzene rings is 2. The number of thiazole rings is 1. The molecule has 0 fully saturated rings. The smallest absolute Gasteiger partial charge is 0.301 e. The van der Waals surface area contributed by atoms with Crippen LogP contribution in [0.15, 0.2) is 74.9 Å². The molecule has 198 valence electrons. The quantitative estimate of drug-likeness (QED) is 0.178. The molecule has 3 aromatic heterocycles. The van der Waals surface area contributed by atoms with Gasteiger partial charge < -0.3 is 5.32 Å². The third-order valence-corrected chi connectivity index (χ3v) is 8.00. The minimum atomic E-state index is -3.88. The molecule has 0 aliphatic heterocycles. The van der Waals surface area contributed by atoms with Crippen molar-refractivity contribution >= 4 is 82.8 Å². The van der Waals surface area contributed by atoms with E-state index >= 15 is 0 Å². The molecule has 0 atom stereocenters. The molecule has 0 saturated heterocycles. The van der Waals surface area contributed by atoms with Gasteiger partial charge in [0.2, 0.25) is 5.11 Å². The summed E-state index contributed by atoms with van der Waals surface area (Å²) in [6, 6.07) is 9.65. The topological polar surface area (TPSA) is 159 Å². The Kier molecular flexibility index (Phi) is 7.17. The summed E-state index contributed by atoms with van der Waals surface area (Å²) in [5, 5.41) is 14.0. The highest BCUT2D eigenvalue weighted by Gasteiger charge is 2.17. The predicted octanol–water partition coefficient (Wildman–Crippen LogP) is 5.14. The number of aromatic nitrogens is 5. The van der Waals surface area contributed by atoms with Gasteiger partial charge in [-0.05, 0) is 61.6 Å². The summed E-state index contributed by atoms with van der Waals surface area (Å²) >= 11 is 12.3. The highest BCUT2D eigenvalue weighted by atomic mass is 35.5. The van der Waals surface area contributed by atoms with Crippen molar-refractivity contribution in [2.45, 2.75) is 11.8 Å². The molecule has 17 heteroatoms. The van der Waals surface area contributed by atoms with E-state index in [0.717, 1.165) is 16.0 Å². The van der Waals surface area contributed by atoms with Crippen LogP contribution in [-0.4, -0.2) is 38.3 Å². The summed E-state index contributed by atoms with van der Waals surface area (Å²) in [6.45, 7) is 1.62. The SMILES string of the molecule is Cc1[nH]n(C(=S)Nc2nc3cc(Cl)c(F)cc3s2)c(=O)c1N=Nc1ccc(S(=O)(=O)Nc2ccncn2)cc1. The second kappa shape index (κ2) is 10.6. The van der Waals surface area contributed by atoms with Gasteiger partial charge in [0.1, 0.15) is 18.0 Å². The van der Waals surface area contributed by atoms with E-state index in [1.54, 1.807) is 6.92 Å². The van der Waals surface area contributed by atoms with E-state index in [9.17, 15) is 17.6 Å². The molecular formula is C22H15ClFN9O3S3. The molecule has 2 aromatic carbocycles. The molecular weight excluding hydrogens is 589 g/mol. The molecule has 0 radical (unpaired) electrons. The van der Waals surface area contributed by atoms with Crippen LogP contribution in [0.2, 0.25) is 5.02 Å². The number of nitrogens with one attached hydrogen (secondary N) is 3. The Morgan fingerprint density at radius 1 is 1.21 bits per heavy atom. The van der Waals surface area contributed by atoms with Gasteiger partial charge in [0.15, 0.2) is 10.8 Å². The molecule has 0 spiro atoms. The average Bonchev–Trinajstić information content (AvgIpc) is 3.41. The van der Waals surface area contributed by atoms with Gasteiger partial charge in [-0.2, -0.15) is 9.80 Å². The Morgan fingerprint density at radius 3 is 2.69 bits per heavy atom. The molecule has 0 amide bonds. The number of nitrogens with zero attached hydrogens (tertiary/aromatic N) is 6. The molecule has 0 unspecified atom stereocenters. The number of aromatic amines is 1. The lowest BCUT2D eigenvalue weighted by atomic mass is 10.3. The molecule has 5 aromatic rings. The van der Waals surface area contributed by atoms with Crippen molar-refractivity contribution in [3.8, 4) is 0 Å². The minimum Gasteiger partial charge on any atom is -0.307 e. The number of hydrogen-bond acceptors (Lipinski definition) is 10. The number of fused-ring (bicyclic) bond motifs is 1. The lowest BCUT2D eigenvalue weighted by Gasteiger charge is -2.06. The van der Waals surface area contributed by atoms with Gasteiger partial charge in [0.05, 0.1) is 31.5 Å². The van der Waals surface area contributed by atoms with E-state index in [-0.39, 0.29) is 26.5 Å². The standard InChI is InChI=1S/C22H15ClFN9O3S3/c1-11-19(30-29-12-2-4-13(5-3-12)39(35,36)32-18-6-7-25-10-26-18)20(34)33(31-11)22(37)28-21-27-16-8-14(23)15(24)9-17(16)38-21/h2-10,31H,1H3,(H,25,26,32)(H,27,28,37). The average molecular weight is 604 g/mol. The highest BCUT2D eigenvalue weighted by molar-refractivity contribution is 7.92. The van der Waals surface area contributed by atoms with Gasteiger partial charge in [-0.15, -0.1) is 5.11 Å². The van der Waals surface area contributed by atoms with E-state index in [1.807, 2.05) is 0 Å². The van der Waals surface area contributed by atoms with Gasteiger partial charge >= 0.3 is 5.56 Å². The number of H-pyrrole nitrogens is 1. The summed E-state index contributed by atoms with van der Waals surface area (Å²) in [5.41, 5.74) is 0.601. The first-order valence-corrected chi connectivity index (χ1v) is 13.9. The summed E-state index contributed by atoms with van der Waals surface area (Å²) in [4.78, 5) is 24.8. The van der Waals surface area contributed by atoms with Crippen molar-refractivity contribution in [1.29, 1.82) is 0 Å². The van der Waals surface area contributed by atoms with E-state index in [1.165, 1.54) is 55.0 Å². The fraction of sp³-hybridized carbons (Fsp3) is 0.0455. The van der Waals surface area contributed by atoms with Crippen LogP contribution in [0.1, 0.15) is 5.69 Å². The number of hydrogen-bond donors (Lipinski definition) is 3. The molecule has 3 N–H and O–H groups in total. The Bertz CT molecular complexity index is 1870. The number of sulfonamides is 1. The molecule has 0 aliphatic carbocycles. The van der Waals surface area contributed by atoms with Gasteiger partial charge in [-0.1, -0.05) is 22.9 Å². The summed E-state index contributed by atoms with van der Waals surface area (Å²) in [7, 11) is -3.88. The normalized spacial score (nSPS) is 11.8. The lowest BCUT2D eigenvalue weighted by Crippen LogP contribution is -2.29. The van der Waals surface area contributed by atoms with Crippen LogP contribution in [-0.2, 0) is 10.0 Å². The highest BCUT2D eigenvalue weighted by Crippen LogP contribution is 2.30. The van der Waals surface area contributed by atoms with Crippen molar-refractivity contribution in [3.63, 3.8) is 0 Å². The van der Waals surface area contributed by atoms with E-state index in [0.29, 0.717) is 26.7 Å². The first-order chi connectivity index (χ1) is 18.6. The first-order valence-electron chi connectivity index (χ1n) is 10.8. The Labute approximate surface area is 233 Å².